The number of benzene rings is 3. The van der Waals surface area contributed by atoms with Gasteiger partial charge in [-0.05, 0) is 54.3 Å². The minimum absolute atomic E-state index is 0.206. The SMILES string of the molecule is COc1ccc(C(C)C)c(-n2c(C)cs/c2=N\C(=O)NC(C#N)c2ccc(-c3ncn(-c4ccc(OC(F)(F)F)cc4)n3)cc2)c1. The lowest BCUT2D eigenvalue weighted by molar-refractivity contribution is -0.274. The maximum Gasteiger partial charge on any atom is 0.573 e. The zero-order valence-electron chi connectivity index (χ0n) is 25.1. The maximum absolute atomic E-state index is 13.1. The van der Waals surface area contributed by atoms with Crippen LogP contribution in [0.1, 0.15) is 42.6 Å². The van der Waals surface area contributed by atoms with Crippen molar-refractivity contribution in [3.63, 3.8) is 0 Å². The van der Waals surface area contributed by atoms with Crippen molar-refractivity contribution in [3.8, 4) is 40.3 Å². The van der Waals surface area contributed by atoms with Crippen LogP contribution in [-0.4, -0.2) is 38.8 Å². The lowest BCUT2D eigenvalue weighted by Gasteiger charge is -2.16. The predicted molar refractivity (Wildman–Crippen MR) is 165 cm³/mol. The molecule has 0 saturated carbocycles. The van der Waals surface area contributed by atoms with Gasteiger partial charge in [-0.3, -0.25) is 4.57 Å². The zero-order valence-corrected chi connectivity index (χ0v) is 25.9. The number of rotatable bonds is 8. The Kier molecular flexibility index (Phi) is 9.24. The molecule has 1 unspecified atom stereocenters. The summed E-state index contributed by atoms with van der Waals surface area (Å²) >= 11 is 1.31. The van der Waals surface area contributed by atoms with Gasteiger partial charge in [-0.1, -0.05) is 44.2 Å². The number of hydrogen-bond donors (Lipinski definition) is 1. The van der Waals surface area contributed by atoms with E-state index >= 15 is 0 Å². The van der Waals surface area contributed by atoms with E-state index in [1.165, 1.54) is 46.6 Å². The van der Waals surface area contributed by atoms with Crippen LogP contribution in [0.4, 0.5) is 18.0 Å². The van der Waals surface area contributed by atoms with Crippen molar-refractivity contribution < 1.29 is 27.4 Å². The highest BCUT2D eigenvalue weighted by molar-refractivity contribution is 7.07. The van der Waals surface area contributed by atoms with Gasteiger partial charge in [0.05, 0.1) is 24.6 Å². The lowest BCUT2D eigenvalue weighted by atomic mass is 10.0. The largest absolute Gasteiger partial charge is 0.573 e. The number of ether oxygens (including phenoxy) is 2. The Morgan fingerprint density at radius 2 is 1.76 bits per heavy atom. The number of amides is 2. The van der Waals surface area contributed by atoms with Gasteiger partial charge in [0.15, 0.2) is 10.6 Å². The third-order valence-electron chi connectivity index (χ3n) is 6.90. The van der Waals surface area contributed by atoms with E-state index in [9.17, 15) is 23.2 Å². The van der Waals surface area contributed by atoms with Gasteiger partial charge in [0.1, 0.15) is 23.9 Å². The number of aryl methyl sites for hydroxylation is 1. The van der Waals surface area contributed by atoms with Gasteiger partial charge in [-0.25, -0.2) is 14.5 Å². The summed E-state index contributed by atoms with van der Waals surface area (Å²) in [5, 5.41) is 18.8. The quantitative estimate of drug-likeness (QED) is 0.194. The smallest absolute Gasteiger partial charge is 0.497 e. The van der Waals surface area contributed by atoms with E-state index in [2.05, 4.69) is 45.0 Å². The molecule has 5 aromatic rings. The first-order chi connectivity index (χ1) is 22.0. The highest BCUT2D eigenvalue weighted by Gasteiger charge is 2.31. The van der Waals surface area contributed by atoms with Crippen molar-refractivity contribution in [2.45, 2.75) is 39.1 Å². The normalized spacial score (nSPS) is 12.5. The van der Waals surface area contributed by atoms with Crippen molar-refractivity contribution in [3.05, 3.63) is 100 Å². The van der Waals surface area contributed by atoms with Gasteiger partial charge in [-0.2, -0.15) is 10.3 Å². The van der Waals surface area contributed by atoms with E-state index < -0.39 is 18.4 Å². The van der Waals surface area contributed by atoms with Gasteiger partial charge in [0.25, 0.3) is 0 Å². The van der Waals surface area contributed by atoms with E-state index in [0.29, 0.717) is 33.2 Å². The second-order valence-electron chi connectivity index (χ2n) is 10.4. The van der Waals surface area contributed by atoms with Crippen molar-refractivity contribution in [2.24, 2.45) is 4.99 Å². The summed E-state index contributed by atoms with van der Waals surface area (Å²) < 4.78 is 50.0. The molecule has 5 rings (SSSR count). The van der Waals surface area contributed by atoms with Crippen LogP contribution < -0.4 is 19.6 Å². The summed E-state index contributed by atoms with van der Waals surface area (Å²) in [6.45, 7) is 6.10. The van der Waals surface area contributed by atoms with Crippen LogP contribution in [0.3, 0.4) is 0 Å². The molecule has 236 valence electrons. The van der Waals surface area contributed by atoms with Crippen molar-refractivity contribution in [1.29, 1.82) is 5.26 Å². The highest BCUT2D eigenvalue weighted by atomic mass is 32.1. The number of urea groups is 1. The molecule has 14 heteroatoms. The Labute approximate surface area is 266 Å². The van der Waals surface area contributed by atoms with E-state index in [1.54, 1.807) is 31.4 Å². The second kappa shape index (κ2) is 13.3. The lowest BCUT2D eigenvalue weighted by Crippen LogP contribution is -2.28. The molecule has 46 heavy (non-hydrogen) atoms. The molecule has 1 atom stereocenters. The number of thiazole rings is 1. The molecular weight excluding hydrogens is 619 g/mol. The predicted octanol–water partition coefficient (Wildman–Crippen LogP) is 7.00. The number of nitrogens with zero attached hydrogens (tertiary/aromatic N) is 6. The maximum atomic E-state index is 13.1. The minimum atomic E-state index is -4.78. The number of carbonyl (C=O) groups excluding carboxylic acids is 1. The summed E-state index contributed by atoms with van der Waals surface area (Å²) in [5.41, 5.74) is 4.45. The molecule has 3 aromatic carbocycles. The topological polar surface area (TPSA) is 119 Å². The molecule has 2 heterocycles. The molecule has 0 spiro atoms. The second-order valence-corrected chi connectivity index (χ2v) is 11.2. The van der Waals surface area contributed by atoms with Crippen LogP contribution in [0.25, 0.3) is 22.8 Å². The van der Waals surface area contributed by atoms with Crippen LogP contribution in [0, 0.1) is 18.3 Å². The van der Waals surface area contributed by atoms with Crippen LogP contribution in [0.15, 0.2) is 83.4 Å². The molecule has 0 bridgehead atoms. The molecule has 1 N–H and O–H groups in total. The first kappa shape index (κ1) is 32.0. The monoisotopic (exact) mass is 647 g/mol. The summed E-state index contributed by atoms with van der Waals surface area (Å²) in [6, 6.07) is 18.2. The Hall–Kier alpha value is -5.42. The Balaban J connectivity index is 1.32. The van der Waals surface area contributed by atoms with E-state index in [1.807, 2.05) is 35.1 Å². The van der Waals surface area contributed by atoms with Crippen LogP contribution in [-0.2, 0) is 0 Å². The van der Waals surface area contributed by atoms with Crippen LogP contribution >= 0.6 is 11.3 Å². The average Bonchev–Trinajstić information content (AvgIpc) is 3.66. The molecular formula is C32H28F3N7O3S. The van der Waals surface area contributed by atoms with Crippen molar-refractivity contribution >= 4 is 17.4 Å². The molecule has 0 aliphatic carbocycles. The Morgan fingerprint density at radius 3 is 2.39 bits per heavy atom. The van der Waals surface area contributed by atoms with Crippen molar-refractivity contribution in [2.75, 3.05) is 7.11 Å². The summed E-state index contributed by atoms with van der Waals surface area (Å²) in [7, 11) is 1.60. The van der Waals surface area contributed by atoms with Crippen LogP contribution in [0.5, 0.6) is 11.5 Å². The summed E-state index contributed by atoms with van der Waals surface area (Å²) in [5.74, 6) is 0.889. The molecule has 0 aliphatic heterocycles. The van der Waals surface area contributed by atoms with Gasteiger partial charge in [0.2, 0.25) is 0 Å². The van der Waals surface area contributed by atoms with Gasteiger partial charge < -0.3 is 14.8 Å². The molecule has 0 radical (unpaired) electrons. The fraction of sp³-hybridized carbons (Fsp3) is 0.219. The fourth-order valence-electron chi connectivity index (χ4n) is 4.67. The van der Waals surface area contributed by atoms with Crippen molar-refractivity contribution in [1.82, 2.24) is 24.6 Å². The number of methoxy groups -OCH3 is 1. The zero-order chi connectivity index (χ0) is 33.0. The molecule has 2 aromatic heterocycles. The number of carbonyl (C=O) groups is 1. The van der Waals surface area contributed by atoms with E-state index in [0.717, 1.165) is 16.9 Å². The Morgan fingerprint density at radius 1 is 1.07 bits per heavy atom. The number of halogens is 3. The third-order valence-corrected chi connectivity index (χ3v) is 7.85. The van der Waals surface area contributed by atoms with E-state index in [4.69, 9.17) is 4.74 Å². The van der Waals surface area contributed by atoms with Gasteiger partial charge in [-0.15, -0.1) is 29.6 Å². The van der Waals surface area contributed by atoms with E-state index in [-0.39, 0.29) is 11.7 Å². The number of aromatic nitrogens is 4. The van der Waals surface area contributed by atoms with Gasteiger partial charge >= 0.3 is 12.4 Å². The summed E-state index contributed by atoms with van der Waals surface area (Å²) in [4.78, 5) is 22.1. The average molecular weight is 648 g/mol. The number of hydrogen-bond acceptors (Lipinski definition) is 7. The third kappa shape index (κ3) is 7.27. The number of alkyl halides is 3. The van der Waals surface area contributed by atoms with Crippen LogP contribution in [0.2, 0.25) is 0 Å². The molecule has 2 amide bonds. The first-order valence-electron chi connectivity index (χ1n) is 13.9. The molecule has 0 fully saturated rings. The minimum Gasteiger partial charge on any atom is -0.497 e. The molecule has 10 nitrogen and oxygen atoms in total. The first-order valence-corrected chi connectivity index (χ1v) is 14.8. The Bertz CT molecular complexity index is 1950. The number of nitriles is 1. The highest BCUT2D eigenvalue weighted by Crippen LogP contribution is 2.28. The fourth-order valence-corrected chi connectivity index (χ4v) is 5.54. The molecule has 0 aliphatic rings. The molecule has 0 saturated heterocycles. The summed E-state index contributed by atoms with van der Waals surface area (Å²) in [6.07, 6.45) is -3.35. The standard InChI is InChI=1S/C32H28F3N7O3S/c1-19(2)26-14-13-25(44-4)15-28(26)42-20(3)17-46-31(42)39-30(43)38-27(16-36)21-5-7-22(8-6-21)29-37-18-41(40-29)23-9-11-24(12-10-23)45-32(33,34)35/h5-15,17-19,27H,1-4H3,(H,38,43)/b39-31-. The number of nitrogens with one attached hydrogen (secondary N) is 1. The van der Waals surface area contributed by atoms with Gasteiger partial charge in [0, 0.05) is 22.7 Å².